The maximum absolute atomic E-state index is 10.3. The molecular weight excluding hydrogens is 390 g/mol. The summed E-state index contributed by atoms with van der Waals surface area (Å²) >= 11 is 0. The molecule has 7 heteroatoms. The van der Waals surface area contributed by atoms with Crippen molar-refractivity contribution < 1.29 is 9.84 Å². The van der Waals surface area contributed by atoms with Crippen molar-refractivity contribution in [3.63, 3.8) is 0 Å². The predicted molar refractivity (Wildman–Crippen MR) is 121 cm³/mol. The van der Waals surface area contributed by atoms with Gasteiger partial charge in [-0.2, -0.15) is 0 Å². The van der Waals surface area contributed by atoms with E-state index in [1.807, 2.05) is 6.20 Å². The second kappa shape index (κ2) is 8.71. The Balaban J connectivity index is 1.52. The Morgan fingerprint density at radius 3 is 2.58 bits per heavy atom. The van der Waals surface area contributed by atoms with E-state index in [1.54, 1.807) is 25.4 Å². The van der Waals surface area contributed by atoms with E-state index < -0.39 is 6.10 Å². The van der Waals surface area contributed by atoms with Crippen molar-refractivity contribution in [2.24, 2.45) is 5.41 Å². The van der Waals surface area contributed by atoms with Gasteiger partial charge in [0.15, 0.2) is 0 Å². The number of aliphatic hydroxyl groups is 1. The summed E-state index contributed by atoms with van der Waals surface area (Å²) in [6, 6.07) is 3.95. The molecule has 0 aromatic carbocycles. The van der Waals surface area contributed by atoms with Gasteiger partial charge < -0.3 is 20.5 Å². The van der Waals surface area contributed by atoms with Crippen LogP contribution in [0.1, 0.15) is 70.5 Å². The first-order valence-electron chi connectivity index (χ1n) is 11.4. The van der Waals surface area contributed by atoms with Crippen molar-refractivity contribution in [1.29, 1.82) is 0 Å². The van der Waals surface area contributed by atoms with Crippen LogP contribution in [0.15, 0.2) is 30.7 Å². The van der Waals surface area contributed by atoms with E-state index >= 15 is 0 Å². The molecule has 1 aliphatic heterocycles. The predicted octanol–water partition coefficient (Wildman–Crippen LogP) is 3.66. The summed E-state index contributed by atoms with van der Waals surface area (Å²) in [5.41, 5.74) is 2.45. The first-order chi connectivity index (χ1) is 14.7. The van der Waals surface area contributed by atoms with Gasteiger partial charge in [-0.15, -0.1) is 0 Å². The number of aliphatic hydroxyl groups excluding tert-OH is 1. The van der Waals surface area contributed by atoms with E-state index in [2.05, 4.69) is 47.4 Å². The second-order valence-corrected chi connectivity index (χ2v) is 10.3. The van der Waals surface area contributed by atoms with Crippen LogP contribution in [-0.2, 0) is 6.42 Å². The van der Waals surface area contributed by atoms with Gasteiger partial charge in [0.25, 0.3) is 0 Å². The minimum atomic E-state index is -0.557. The highest BCUT2D eigenvalue weighted by Crippen LogP contribution is 2.48. The number of anilines is 1. The average Bonchev–Trinajstić information content (AvgIpc) is 2.69. The van der Waals surface area contributed by atoms with Crippen LogP contribution < -0.4 is 15.4 Å². The molecule has 3 N–H and O–H groups in total. The van der Waals surface area contributed by atoms with E-state index in [0.29, 0.717) is 12.5 Å². The molecule has 3 atom stereocenters. The van der Waals surface area contributed by atoms with Crippen LogP contribution >= 0.6 is 0 Å². The highest BCUT2D eigenvalue weighted by molar-refractivity contribution is 5.37. The minimum absolute atomic E-state index is 0.0977. The Labute approximate surface area is 185 Å². The molecule has 2 aromatic heterocycles. The summed E-state index contributed by atoms with van der Waals surface area (Å²) in [6.07, 6.45) is 10.0. The lowest BCUT2D eigenvalue weighted by Crippen LogP contribution is -2.51. The largest absolute Gasteiger partial charge is 0.471 e. The fourth-order valence-corrected chi connectivity index (χ4v) is 4.50. The van der Waals surface area contributed by atoms with Crippen LogP contribution in [0, 0.1) is 5.41 Å². The van der Waals surface area contributed by atoms with E-state index in [0.717, 1.165) is 37.1 Å². The molecule has 2 aliphatic rings. The number of aromatic nitrogens is 3. The third kappa shape index (κ3) is 5.33. The summed E-state index contributed by atoms with van der Waals surface area (Å²) in [7, 11) is 0. The van der Waals surface area contributed by atoms with Crippen LogP contribution in [0.5, 0.6) is 5.88 Å². The maximum Gasteiger partial charge on any atom is 0.222 e. The molecule has 0 saturated heterocycles. The molecule has 1 fully saturated rings. The van der Waals surface area contributed by atoms with Crippen molar-refractivity contribution in [3.05, 3.63) is 41.9 Å². The van der Waals surface area contributed by atoms with Gasteiger partial charge in [0.05, 0.1) is 12.1 Å². The number of ether oxygens (including phenoxy) is 1. The Bertz CT molecular complexity index is 877. The van der Waals surface area contributed by atoms with Gasteiger partial charge in [-0.05, 0) is 55.7 Å². The zero-order chi connectivity index (χ0) is 22.1. The smallest absolute Gasteiger partial charge is 0.222 e. The third-order valence-electron chi connectivity index (χ3n) is 6.25. The summed E-state index contributed by atoms with van der Waals surface area (Å²) in [5.74, 6) is 1.28. The first kappa shape index (κ1) is 22.0. The van der Waals surface area contributed by atoms with Gasteiger partial charge in [-0.1, -0.05) is 20.8 Å². The number of hydrogen-bond donors (Lipinski definition) is 3. The number of hydrogen-bond acceptors (Lipinski definition) is 7. The number of nitrogens with one attached hydrogen (secondary N) is 2. The molecule has 2 unspecified atom stereocenters. The van der Waals surface area contributed by atoms with Crippen molar-refractivity contribution in [3.8, 4) is 5.88 Å². The Kier molecular flexibility index (Phi) is 6.17. The molecule has 168 valence electrons. The van der Waals surface area contributed by atoms with Crippen molar-refractivity contribution in [1.82, 2.24) is 20.3 Å². The van der Waals surface area contributed by atoms with Gasteiger partial charge >= 0.3 is 0 Å². The highest BCUT2D eigenvalue weighted by Gasteiger charge is 2.46. The molecular formula is C24H35N5O2. The fourth-order valence-electron chi connectivity index (χ4n) is 4.50. The molecule has 0 amide bonds. The first-order valence-corrected chi connectivity index (χ1v) is 11.4. The Morgan fingerprint density at radius 1 is 1.23 bits per heavy atom. The summed E-state index contributed by atoms with van der Waals surface area (Å²) in [5, 5.41) is 17.3. The van der Waals surface area contributed by atoms with Gasteiger partial charge in [-0.3, -0.25) is 0 Å². The fraction of sp³-hybridized carbons (Fsp3) is 0.625. The van der Waals surface area contributed by atoms with Crippen LogP contribution in [-0.4, -0.2) is 44.4 Å². The molecule has 31 heavy (non-hydrogen) atoms. The van der Waals surface area contributed by atoms with Crippen LogP contribution in [0.4, 0.5) is 5.95 Å². The quantitative estimate of drug-likeness (QED) is 0.623. The Hall–Kier alpha value is -2.25. The van der Waals surface area contributed by atoms with Crippen LogP contribution in [0.3, 0.4) is 0 Å². The molecule has 1 spiro atoms. The standard InChI is InChI=1S/C24H35N5O2/c1-16(30)20(29-22-25-9-6-10-26-22)15-27-19-13-24(7-5-8-24)31-21-18(19)11-17(14-28-21)12-23(2,3)4/h6,9-11,14,16,19-20,27,30H,5,7-8,12-13,15H2,1-4H3,(H,25,26,29)/t16?,19-,20?/m0/s1. The van der Waals surface area contributed by atoms with Crippen molar-refractivity contribution in [2.75, 3.05) is 11.9 Å². The third-order valence-corrected chi connectivity index (χ3v) is 6.25. The number of pyridine rings is 1. The van der Waals surface area contributed by atoms with Crippen LogP contribution in [0.25, 0.3) is 0 Å². The van der Waals surface area contributed by atoms with E-state index in [9.17, 15) is 5.11 Å². The maximum atomic E-state index is 10.3. The van der Waals surface area contributed by atoms with Crippen molar-refractivity contribution >= 4 is 5.95 Å². The van der Waals surface area contributed by atoms with Crippen molar-refractivity contribution in [2.45, 2.75) is 83.6 Å². The molecule has 3 heterocycles. The van der Waals surface area contributed by atoms with E-state index in [1.165, 1.54) is 12.0 Å². The molecule has 1 saturated carbocycles. The lowest BCUT2D eigenvalue weighted by atomic mass is 9.73. The van der Waals surface area contributed by atoms with Crippen LogP contribution in [0.2, 0.25) is 0 Å². The van der Waals surface area contributed by atoms with Gasteiger partial charge in [0.2, 0.25) is 11.8 Å². The average molecular weight is 426 g/mol. The Morgan fingerprint density at radius 2 is 1.97 bits per heavy atom. The summed E-state index contributed by atoms with van der Waals surface area (Å²) in [4.78, 5) is 13.2. The van der Waals surface area contributed by atoms with Gasteiger partial charge in [-0.25, -0.2) is 15.0 Å². The SMILES string of the molecule is CC(O)C(CN[C@H]1CC2(CCC2)Oc2ncc(CC(C)(C)C)cc21)Nc1ncccn1. The highest BCUT2D eigenvalue weighted by atomic mass is 16.5. The zero-order valence-electron chi connectivity index (χ0n) is 19.1. The minimum Gasteiger partial charge on any atom is -0.471 e. The monoisotopic (exact) mass is 425 g/mol. The molecule has 7 nitrogen and oxygen atoms in total. The number of rotatable bonds is 7. The zero-order valence-corrected chi connectivity index (χ0v) is 19.1. The van der Waals surface area contributed by atoms with E-state index in [-0.39, 0.29) is 23.1 Å². The summed E-state index contributed by atoms with van der Waals surface area (Å²) < 4.78 is 6.38. The molecule has 0 radical (unpaired) electrons. The number of fused-ring (bicyclic) bond motifs is 1. The molecule has 2 aromatic rings. The van der Waals surface area contributed by atoms with Gasteiger partial charge in [0, 0.05) is 43.2 Å². The van der Waals surface area contributed by atoms with Gasteiger partial charge in [0.1, 0.15) is 5.60 Å². The lowest BCUT2D eigenvalue weighted by Gasteiger charge is -2.47. The number of nitrogens with zero attached hydrogens (tertiary/aromatic N) is 3. The molecule has 0 bridgehead atoms. The topological polar surface area (TPSA) is 92.2 Å². The molecule has 1 aliphatic carbocycles. The summed E-state index contributed by atoms with van der Waals surface area (Å²) in [6.45, 7) is 9.10. The molecule has 4 rings (SSSR count). The van der Waals surface area contributed by atoms with E-state index in [4.69, 9.17) is 9.72 Å². The second-order valence-electron chi connectivity index (χ2n) is 10.3. The lowest BCUT2D eigenvalue weighted by molar-refractivity contribution is -0.0411. The normalized spacial score (nSPS) is 21.5.